The van der Waals surface area contributed by atoms with Gasteiger partial charge in [-0.25, -0.2) is 9.97 Å². The van der Waals surface area contributed by atoms with Crippen LogP contribution in [0.2, 0.25) is 0 Å². The van der Waals surface area contributed by atoms with E-state index in [1.807, 2.05) is 6.92 Å². The molecule has 25 heavy (non-hydrogen) atoms. The number of aryl methyl sites for hydroxylation is 1. The molecule has 0 bridgehead atoms. The monoisotopic (exact) mass is 339 g/mol. The predicted octanol–water partition coefficient (Wildman–Crippen LogP) is 3.79. The first kappa shape index (κ1) is 17.7. The number of nitrogens with one attached hydrogen (secondary N) is 1. The Kier molecular flexibility index (Phi) is 5.53. The first-order valence-electron chi connectivity index (χ1n) is 9.25. The SMILES string of the molecule is CCN1CCN(c2cc(Nc3ccccc3C(C)C)nc(C)n2)CC1. The molecule has 3 rings (SSSR count). The van der Waals surface area contributed by atoms with E-state index in [1.165, 1.54) is 5.56 Å². The molecule has 0 amide bonds. The van der Waals surface area contributed by atoms with Crippen molar-refractivity contribution in [2.75, 3.05) is 42.9 Å². The zero-order valence-corrected chi connectivity index (χ0v) is 15.8. The lowest BCUT2D eigenvalue weighted by molar-refractivity contribution is 0.270. The van der Waals surface area contributed by atoms with Crippen LogP contribution in [0, 0.1) is 6.92 Å². The van der Waals surface area contributed by atoms with E-state index in [0.29, 0.717) is 5.92 Å². The number of nitrogens with zero attached hydrogens (tertiary/aromatic N) is 4. The minimum Gasteiger partial charge on any atom is -0.354 e. The highest BCUT2D eigenvalue weighted by molar-refractivity contribution is 5.63. The molecule has 1 fully saturated rings. The molecule has 0 spiro atoms. The van der Waals surface area contributed by atoms with Crippen molar-refractivity contribution in [1.29, 1.82) is 0 Å². The van der Waals surface area contributed by atoms with Crippen LogP contribution in [0.25, 0.3) is 0 Å². The van der Waals surface area contributed by atoms with E-state index in [-0.39, 0.29) is 0 Å². The first-order valence-corrected chi connectivity index (χ1v) is 9.25. The molecule has 1 saturated heterocycles. The summed E-state index contributed by atoms with van der Waals surface area (Å²) in [7, 11) is 0. The maximum atomic E-state index is 4.66. The summed E-state index contributed by atoms with van der Waals surface area (Å²) < 4.78 is 0. The van der Waals surface area contributed by atoms with Crippen molar-refractivity contribution >= 4 is 17.3 Å². The number of rotatable bonds is 5. The molecule has 1 aromatic heterocycles. The van der Waals surface area contributed by atoms with Crippen molar-refractivity contribution < 1.29 is 0 Å². The molecule has 134 valence electrons. The lowest BCUT2D eigenvalue weighted by atomic mass is 10.0. The van der Waals surface area contributed by atoms with Gasteiger partial charge >= 0.3 is 0 Å². The van der Waals surface area contributed by atoms with Gasteiger partial charge in [-0.3, -0.25) is 0 Å². The van der Waals surface area contributed by atoms with Crippen molar-refractivity contribution in [3.8, 4) is 0 Å². The summed E-state index contributed by atoms with van der Waals surface area (Å²) in [6.45, 7) is 14.0. The second-order valence-corrected chi connectivity index (χ2v) is 6.95. The van der Waals surface area contributed by atoms with E-state index < -0.39 is 0 Å². The highest BCUT2D eigenvalue weighted by Crippen LogP contribution is 2.27. The van der Waals surface area contributed by atoms with Crippen LogP contribution in [-0.4, -0.2) is 47.6 Å². The summed E-state index contributed by atoms with van der Waals surface area (Å²) in [5, 5.41) is 3.51. The predicted molar refractivity (Wildman–Crippen MR) is 105 cm³/mol. The lowest BCUT2D eigenvalue weighted by Crippen LogP contribution is -2.46. The molecule has 1 N–H and O–H groups in total. The van der Waals surface area contributed by atoms with E-state index in [0.717, 1.165) is 55.9 Å². The molecule has 0 unspecified atom stereocenters. The Morgan fingerprint density at radius 1 is 1.08 bits per heavy atom. The summed E-state index contributed by atoms with van der Waals surface area (Å²) in [6.07, 6.45) is 0. The molecular weight excluding hydrogens is 310 g/mol. The summed E-state index contributed by atoms with van der Waals surface area (Å²) in [6, 6.07) is 10.5. The van der Waals surface area contributed by atoms with E-state index in [4.69, 9.17) is 0 Å². The van der Waals surface area contributed by atoms with Crippen LogP contribution in [0.5, 0.6) is 0 Å². The third-order valence-electron chi connectivity index (χ3n) is 4.81. The molecule has 2 heterocycles. The van der Waals surface area contributed by atoms with Crippen molar-refractivity contribution in [2.24, 2.45) is 0 Å². The van der Waals surface area contributed by atoms with Crippen molar-refractivity contribution in [1.82, 2.24) is 14.9 Å². The quantitative estimate of drug-likeness (QED) is 0.898. The van der Waals surface area contributed by atoms with E-state index in [2.05, 4.69) is 76.2 Å². The fourth-order valence-corrected chi connectivity index (χ4v) is 3.32. The standard InChI is InChI=1S/C20H29N5/c1-5-24-10-12-25(13-11-24)20-14-19(21-16(4)22-20)23-18-9-7-6-8-17(18)15(2)3/h6-9,14-15H,5,10-13H2,1-4H3,(H,21,22,23). The van der Waals surface area contributed by atoms with Gasteiger partial charge in [-0.1, -0.05) is 39.0 Å². The average molecular weight is 339 g/mol. The molecule has 5 heteroatoms. The minimum absolute atomic E-state index is 0.466. The Morgan fingerprint density at radius 3 is 2.48 bits per heavy atom. The molecule has 0 saturated carbocycles. The smallest absolute Gasteiger partial charge is 0.136 e. The average Bonchev–Trinajstić information content (AvgIpc) is 2.61. The Labute approximate surface area is 151 Å². The molecule has 0 atom stereocenters. The van der Waals surface area contributed by atoms with Gasteiger partial charge in [0.25, 0.3) is 0 Å². The second kappa shape index (κ2) is 7.83. The van der Waals surface area contributed by atoms with Crippen LogP contribution in [0.3, 0.4) is 0 Å². The number of hydrogen-bond donors (Lipinski definition) is 1. The fraction of sp³-hybridized carbons (Fsp3) is 0.500. The molecule has 1 aromatic carbocycles. The number of anilines is 3. The Balaban J connectivity index is 1.81. The summed E-state index contributed by atoms with van der Waals surface area (Å²) >= 11 is 0. The van der Waals surface area contributed by atoms with Crippen LogP contribution < -0.4 is 10.2 Å². The van der Waals surface area contributed by atoms with Crippen LogP contribution in [-0.2, 0) is 0 Å². The van der Waals surface area contributed by atoms with E-state index >= 15 is 0 Å². The number of piperazine rings is 1. The summed E-state index contributed by atoms with van der Waals surface area (Å²) in [5.74, 6) is 3.16. The van der Waals surface area contributed by atoms with Crippen molar-refractivity contribution in [3.63, 3.8) is 0 Å². The number of likely N-dealkylation sites (N-methyl/N-ethyl adjacent to an activating group) is 1. The number of benzene rings is 1. The van der Waals surface area contributed by atoms with Gasteiger partial charge in [0, 0.05) is 37.9 Å². The van der Waals surface area contributed by atoms with Gasteiger partial charge in [-0.2, -0.15) is 0 Å². The van der Waals surface area contributed by atoms with Gasteiger partial charge in [0.05, 0.1) is 0 Å². The molecule has 1 aliphatic rings. The molecule has 0 radical (unpaired) electrons. The molecule has 5 nitrogen and oxygen atoms in total. The Bertz CT molecular complexity index is 705. The lowest BCUT2D eigenvalue weighted by Gasteiger charge is -2.34. The highest BCUT2D eigenvalue weighted by Gasteiger charge is 2.18. The second-order valence-electron chi connectivity index (χ2n) is 6.95. The molecule has 1 aliphatic heterocycles. The zero-order valence-electron chi connectivity index (χ0n) is 15.8. The maximum absolute atomic E-state index is 4.66. The van der Waals surface area contributed by atoms with Gasteiger partial charge in [0.15, 0.2) is 0 Å². The van der Waals surface area contributed by atoms with Crippen molar-refractivity contribution in [3.05, 3.63) is 41.7 Å². The van der Waals surface area contributed by atoms with Crippen LogP contribution >= 0.6 is 0 Å². The third kappa shape index (κ3) is 4.28. The fourth-order valence-electron chi connectivity index (χ4n) is 3.32. The molecule has 2 aromatic rings. The molecular formula is C20H29N5. The normalized spacial score (nSPS) is 15.6. The van der Waals surface area contributed by atoms with Crippen LogP contribution in [0.4, 0.5) is 17.3 Å². The van der Waals surface area contributed by atoms with Gasteiger partial charge in [0.1, 0.15) is 17.5 Å². The zero-order chi connectivity index (χ0) is 17.8. The van der Waals surface area contributed by atoms with Gasteiger partial charge in [0.2, 0.25) is 0 Å². The van der Waals surface area contributed by atoms with Crippen LogP contribution in [0.1, 0.15) is 38.1 Å². The number of hydrogen-bond acceptors (Lipinski definition) is 5. The Hall–Kier alpha value is -2.14. The van der Waals surface area contributed by atoms with Gasteiger partial charge in [-0.05, 0) is 31.0 Å². The summed E-state index contributed by atoms with van der Waals surface area (Å²) in [5.41, 5.74) is 2.43. The van der Waals surface area contributed by atoms with Crippen LogP contribution in [0.15, 0.2) is 30.3 Å². The van der Waals surface area contributed by atoms with Gasteiger partial charge < -0.3 is 15.1 Å². The third-order valence-corrected chi connectivity index (χ3v) is 4.81. The first-order chi connectivity index (χ1) is 12.1. The Morgan fingerprint density at radius 2 is 1.80 bits per heavy atom. The topological polar surface area (TPSA) is 44.3 Å². The van der Waals surface area contributed by atoms with Crippen molar-refractivity contribution in [2.45, 2.75) is 33.6 Å². The van der Waals surface area contributed by atoms with Gasteiger partial charge in [-0.15, -0.1) is 0 Å². The molecule has 0 aliphatic carbocycles. The minimum atomic E-state index is 0.466. The largest absolute Gasteiger partial charge is 0.354 e. The van der Waals surface area contributed by atoms with E-state index in [1.54, 1.807) is 0 Å². The summed E-state index contributed by atoms with van der Waals surface area (Å²) in [4.78, 5) is 14.1. The van der Waals surface area contributed by atoms with E-state index in [9.17, 15) is 0 Å². The number of para-hydroxylation sites is 1. The maximum Gasteiger partial charge on any atom is 0.136 e. The highest BCUT2D eigenvalue weighted by atomic mass is 15.3. The number of aromatic nitrogens is 2.